The molecule has 0 aromatic rings. The van der Waals surface area contributed by atoms with Crippen LogP contribution in [-0.2, 0) is 14.2 Å². The van der Waals surface area contributed by atoms with Crippen LogP contribution >= 0.6 is 0 Å². The van der Waals surface area contributed by atoms with Gasteiger partial charge in [0.25, 0.3) is 0 Å². The summed E-state index contributed by atoms with van der Waals surface area (Å²) in [5.41, 5.74) is 0. The number of aliphatic hydroxyl groups is 1. The molecule has 2 atom stereocenters. The monoisotopic (exact) mass is 249 g/mol. The summed E-state index contributed by atoms with van der Waals surface area (Å²) >= 11 is 0. The van der Waals surface area contributed by atoms with Gasteiger partial charge in [-0.15, -0.1) is 0 Å². The van der Waals surface area contributed by atoms with E-state index in [0.717, 1.165) is 13.0 Å². The summed E-state index contributed by atoms with van der Waals surface area (Å²) in [6, 6.07) is 0. The second-order valence-corrected chi connectivity index (χ2v) is 3.99. The number of rotatable bonds is 12. The van der Waals surface area contributed by atoms with Gasteiger partial charge >= 0.3 is 0 Å². The fourth-order valence-corrected chi connectivity index (χ4v) is 1.33. The highest BCUT2D eigenvalue weighted by Crippen LogP contribution is 2.00. The van der Waals surface area contributed by atoms with E-state index in [4.69, 9.17) is 14.2 Å². The van der Waals surface area contributed by atoms with E-state index in [9.17, 15) is 5.11 Å². The lowest BCUT2D eigenvalue weighted by Gasteiger charge is -2.18. The third kappa shape index (κ3) is 12.1. The summed E-state index contributed by atoms with van der Waals surface area (Å²) in [5.74, 6) is 0. The molecule has 2 N–H and O–H groups in total. The minimum absolute atomic E-state index is 0.0758. The van der Waals surface area contributed by atoms with Gasteiger partial charge in [-0.3, -0.25) is 5.32 Å². The summed E-state index contributed by atoms with van der Waals surface area (Å²) in [6.45, 7) is 7.17. The Bertz CT molecular complexity index is 157. The Hall–Kier alpha value is -0.200. The maximum Gasteiger partial charge on any atom is 0.107 e. The van der Waals surface area contributed by atoms with E-state index in [1.807, 2.05) is 6.92 Å². The van der Waals surface area contributed by atoms with Crippen molar-refractivity contribution in [2.75, 3.05) is 40.1 Å². The van der Waals surface area contributed by atoms with E-state index in [1.165, 1.54) is 0 Å². The average Bonchev–Trinajstić information content (AvgIpc) is 2.31. The Morgan fingerprint density at radius 1 is 1.18 bits per heavy atom. The van der Waals surface area contributed by atoms with Crippen molar-refractivity contribution in [2.24, 2.45) is 0 Å². The van der Waals surface area contributed by atoms with Gasteiger partial charge in [0.05, 0.1) is 25.9 Å². The molecule has 5 heteroatoms. The third-order valence-electron chi connectivity index (χ3n) is 2.22. The first-order valence-corrected chi connectivity index (χ1v) is 6.30. The van der Waals surface area contributed by atoms with Gasteiger partial charge in [0.15, 0.2) is 0 Å². The van der Waals surface area contributed by atoms with Crippen LogP contribution in [-0.4, -0.2) is 57.5 Å². The molecule has 0 aliphatic heterocycles. The minimum atomic E-state index is -0.534. The molecule has 0 saturated heterocycles. The van der Waals surface area contributed by atoms with Crippen molar-refractivity contribution >= 4 is 0 Å². The molecular formula is C12H27NO4. The van der Waals surface area contributed by atoms with E-state index in [-0.39, 0.29) is 6.10 Å². The minimum Gasteiger partial charge on any atom is -0.382 e. The first-order valence-electron chi connectivity index (χ1n) is 6.30. The smallest absolute Gasteiger partial charge is 0.107 e. The summed E-state index contributed by atoms with van der Waals surface area (Å²) in [4.78, 5) is 0. The van der Waals surface area contributed by atoms with Crippen LogP contribution in [0.3, 0.4) is 0 Å². The largest absolute Gasteiger partial charge is 0.382 e. The summed E-state index contributed by atoms with van der Waals surface area (Å²) in [7, 11) is 1.64. The van der Waals surface area contributed by atoms with Crippen molar-refractivity contribution in [3.05, 3.63) is 0 Å². The molecule has 5 nitrogen and oxygen atoms in total. The van der Waals surface area contributed by atoms with Crippen molar-refractivity contribution in [1.29, 1.82) is 0 Å². The first-order chi connectivity index (χ1) is 8.20. The zero-order valence-corrected chi connectivity index (χ0v) is 11.3. The van der Waals surface area contributed by atoms with E-state index < -0.39 is 6.23 Å². The second kappa shape index (κ2) is 12.3. The van der Waals surface area contributed by atoms with Gasteiger partial charge in [-0.25, -0.2) is 0 Å². The van der Waals surface area contributed by atoms with E-state index in [2.05, 4.69) is 12.2 Å². The summed E-state index contributed by atoms with van der Waals surface area (Å²) in [6.07, 6.45) is 1.14. The number of aliphatic hydroxyl groups excluding tert-OH is 1. The number of hydrogen-bond donors (Lipinski definition) is 2. The second-order valence-electron chi connectivity index (χ2n) is 3.99. The van der Waals surface area contributed by atoms with Gasteiger partial charge < -0.3 is 19.3 Å². The molecule has 2 unspecified atom stereocenters. The Morgan fingerprint density at radius 2 is 1.94 bits per heavy atom. The van der Waals surface area contributed by atoms with Crippen molar-refractivity contribution < 1.29 is 19.3 Å². The highest BCUT2D eigenvalue weighted by Gasteiger charge is 2.09. The molecule has 0 radical (unpaired) electrons. The van der Waals surface area contributed by atoms with Crippen molar-refractivity contribution in [1.82, 2.24) is 5.32 Å². The van der Waals surface area contributed by atoms with Crippen LogP contribution in [0.4, 0.5) is 0 Å². The predicted octanol–water partition coefficient (Wildman–Crippen LogP) is 0.763. The molecule has 0 amide bonds. The topological polar surface area (TPSA) is 60.0 Å². The highest BCUT2D eigenvalue weighted by molar-refractivity contribution is 4.59. The number of ether oxygens (including phenoxy) is 3. The molecule has 0 aromatic heterocycles. The fraction of sp³-hybridized carbons (Fsp3) is 1.00. The van der Waals surface area contributed by atoms with Gasteiger partial charge in [-0.2, -0.15) is 0 Å². The molecule has 104 valence electrons. The van der Waals surface area contributed by atoms with Gasteiger partial charge in [0, 0.05) is 26.7 Å². The van der Waals surface area contributed by atoms with Crippen molar-refractivity contribution in [3.63, 3.8) is 0 Å². The zero-order valence-electron chi connectivity index (χ0n) is 11.3. The number of nitrogens with one attached hydrogen (secondary N) is 1. The average molecular weight is 249 g/mol. The van der Waals surface area contributed by atoms with Crippen LogP contribution in [0.15, 0.2) is 0 Å². The maximum atomic E-state index is 9.65. The lowest BCUT2D eigenvalue weighted by atomic mass is 10.2. The molecular weight excluding hydrogens is 222 g/mol. The molecule has 17 heavy (non-hydrogen) atoms. The Labute approximate surface area is 104 Å². The van der Waals surface area contributed by atoms with E-state index in [0.29, 0.717) is 32.8 Å². The fourth-order valence-electron chi connectivity index (χ4n) is 1.33. The Kier molecular flexibility index (Phi) is 12.1. The molecule has 0 saturated carbocycles. The van der Waals surface area contributed by atoms with Gasteiger partial charge in [-0.05, 0) is 13.3 Å². The van der Waals surface area contributed by atoms with Gasteiger partial charge in [-0.1, -0.05) is 6.92 Å². The van der Waals surface area contributed by atoms with Crippen molar-refractivity contribution in [3.8, 4) is 0 Å². The Balaban J connectivity index is 3.30. The lowest BCUT2D eigenvalue weighted by Crippen LogP contribution is -2.35. The Morgan fingerprint density at radius 3 is 2.59 bits per heavy atom. The molecule has 0 bridgehead atoms. The van der Waals surface area contributed by atoms with E-state index in [1.54, 1.807) is 7.11 Å². The van der Waals surface area contributed by atoms with Crippen molar-refractivity contribution in [2.45, 2.75) is 39.0 Å². The van der Waals surface area contributed by atoms with E-state index >= 15 is 0 Å². The van der Waals surface area contributed by atoms with Gasteiger partial charge in [0.1, 0.15) is 6.23 Å². The number of hydrogen-bond acceptors (Lipinski definition) is 5. The molecule has 0 heterocycles. The zero-order chi connectivity index (χ0) is 12.9. The first kappa shape index (κ1) is 16.8. The van der Waals surface area contributed by atoms with Crippen LogP contribution < -0.4 is 5.32 Å². The van der Waals surface area contributed by atoms with Crippen LogP contribution in [0.1, 0.15) is 26.7 Å². The van der Waals surface area contributed by atoms with Crippen LogP contribution in [0.2, 0.25) is 0 Å². The number of methoxy groups -OCH3 is 1. The third-order valence-corrected chi connectivity index (χ3v) is 2.22. The SMILES string of the molecule is CCCOC(C)CC(O)NCCOCCOC. The molecule has 0 aromatic carbocycles. The standard InChI is InChI=1S/C12H27NO4/c1-4-6-17-11(2)10-12(14)13-5-7-16-9-8-15-3/h11-14H,4-10H2,1-3H3. The molecule has 0 aliphatic rings. The quantitative estimate of drug-likeness (QED) is 0.395. The summed E-state index contributed by atoms with van der Waals surface area (Å²) < 4.78 is 15.6. The molecule has 0 rings (SSSR count). The molecule has 0 spiro atoms. The van der Waals surface area contributed by atoms with Crippen LogP contribution in [0, 0.1) is 0 Å². The van der Waals surface area contributed by atoms with Crippen LogP contribution in [0.25, 0.3) is 0 Å². The van der Waals surface area contributed by atoms with Crippen LogP contribution in [0.5, 0.6) is 0 Å². The molecule has 0 aliphatic carbocycles. The maximum absolute atomic E-state index is 9.65. The highest BCUT2D eigenvalue weighted by atomic mass is 16.5. The lowest BCUT2D eigenvalue weighted by molar-refractivity contribution is 0.0101. The normalized spacial score (nSPS) is 14.8. The predicted molar refractivity (Wildman–Crippen MR) is 67.0 cm³/mol. The van der Waals surface area contributed by atoms with Gasteiger partial charge in [0.2, 0.25) is 0 Å². The summed E-state index contributed by atoms with van der Waals surface area (Å²) in [5, 5.41) is 12.6. The molecule has 0 fully saturated rings.